The molecule has 13 heavy (non-hydrogen) atoms. The van der Waals surface area contributed by atoms with Crippen LogP contribution in [-0.4, -0.2) is 14.5 Å². The second-order valence-corrected chi connectivity index (χ2v) is 2.92. The summed E-state index contributed by atoms with van der Waals surface area (Å²) in [4.78, 5) is 13.5. The van der Waals surface area contributed by atoms with E-state index in [1.807, 2.05) is 18.4 Å². The smallest absolute Gasteiger partial charge is 0.236 e. The predicted octanol–water partition coefficient (Wildman–Crippen LogP) is 1.71. The molecule has 0 atom stereocenters. The Bertz CT molecular complexity index is 328. The summed E-state index contributed by atoms with van der Waals surface area (Å²) < 4.78 is 1.86. The van der Waals surface area contributed by atoms with E-state index in [4.69, 9.17) is 0 Å². The molecule has 0 N–H and O–H groups in total. The number of hydrogen-bond donors (Lipinski definition) is 0. The molecule has 0 saturated heterocycles. The zero-order valence-electron chi connectivity index (χ0n) is 7.54. The zero-order chi connectivity index (χ0) is 9.84. The van der Waals surface area contributed by atoms with Crippen LogP contribution in [0.5, 0.6) is 0 Å². The molecule has 5 heteroatoms. The maximum absolute atomic E-state index is 10.1. The summed E-state index contributed by atoms with van der Waals surface area (Å²) in [7, 11) is 0. The van der Waals surface area contributed by atoms with Gasteiger partial charge in [-0.05, 0) is 13.8 Å². The van der Waals surface area contributed by atoms with Crippen LogP contribution in [0, 0.1) is 10.1 Å². The molecule has 1 aromatic rings. The van der Waals surface area contributed by atoms with Crippen molar-refractivity contribution in [3.05, 3.63) is 34.5 Å². The third-order valence-electron chi connectivity index (χ3n) is 1.62. The zero-order valence-corrected chi connectivity index (χ0v) is 7.54. The van der Waals surface area contributed by atoms with Gasteiger partial charge in [-0.3, -0.25) is 10.1 Å². The van der Waals surface area contributed by atoms with Gasteiger partial charge in [0.15, 0.2) is 0 Å². The van der Waals surface area contributed by atoms with E-state index < -0.39 is 4.92 Å². The highest BCUT2D eigenvalue weighted by Gasteiger charge is 2.02. The number of rotatable bonds is 3. The second-order valence-electron chi connectivity index (χ2n) is 2.92. The minimum Gasteiger partial charge on any atom is -0.328 e. The molecule has 0 radical (unpaired) electrons. The van der Waals surface area contributed by atoms with E-state index in [1.165, 1.54) is 6.08 Å². The number of nitrogens with zero attached hydrogens (tertiary/aromatic N) is 3. The maximum Gasteiger partial charge on any atom is 0.236 e. The van der Waals surface area contributed by atoms with Crippen molar-refractivity contribution in [1.82, 2.24) is 9.55 Å². The Hall–Kier alpha value is -1.65. The molecule has 1 heterocycles. The van der Waals surface area contributed by atoms with Crippen LogP contribution in [0.15, 0.2) is 18.7 Å². The van der Waals surface area contributed by atoms with Crippen molar-refractivity contribution >= 4 is 6.08 Å². The van der Waals surface area contributed by atoms with Gasteiger partial charge in [0.2, 0.25) is 6.20 Å². The second kappa shape index (κ2) is 3.84. The third-order valence-corrected chi connectivity index (χ3v) is 1.62. The first-order valence-corrected chi connectivity index (χ1v) is 3.95. The van der Waals surface area contributed by atoms with Gasteiger partial charge in [0.1, 0.15) is 0 Å². The molecule has 1 rings (SSSR count). The molecule has 0 aliphatic carbocycles. The third kappa shape index (κ3) is 2.40. The number of nitro groups is 1. The highest BCUT2D eigenvalue weighted by atomic mass is 16.6. The van der Waals surface area contributed by atoms with Crippen molar-refractivity contribution in [3.8, 4) is 0 Å². The molecule has 0 amide bonds. The fourth-order valence-electron chi connectivity index (χ4n) is 1.01. The van der Waals surface area contributed by atoms with Gasteiger partial charge >= 0.3 is 0 Å². The van der Waals surface area contributed by atoms with E-state index in [2.05, 4.69) is 4.98 Å². The quantitative estimate of drug-likeness (QED) is 0.526. The lowest BCUT2D eigenvalue weighted by atomic mass is 10.3. The van der Waals surface area contributed by atoms with Crippen molar-refractivity contribution in [2.75, 3.05) is 0 Å². The molecule has 0 unspecified atom stereocenters. The van der Waals surface area contributed by atoms with Crippen LogP contribution < -0.4 is 0 Å². The molecule has 5 nitrogen and oxygen atoms in total. The Kier molecular flexibility index (Phi) is 2.79. The molecule has 0 spiro atoms. The summed E-state index contributed by atoms with van der Waals surface area (Å²) >= 11 is 0. The summed E-state index contributed by atoms with van der Waals surface area (Å²) in [5, 5.41) is 10.1. The minimum absolute atomic E-state index is 0.258. The topological polar surface area (TPSA) is 61.0 Å². The van der Waals surface area contributed by atoms with Crippen LogP contribution in [0.2, 0.25) is 0 Å². The van der Waals surface area contributed by atoms with Crippen molar-refractivity contribution in [2.45, 2.75) is 19.9 Å². The Morgan fingerprint density at radius 1 is 1.69 bits per heavy atom. The number of aromatic nitrogens is 2. The van der Waals surface area contributed by atoms with Crippen LogP contribution in [0.1, 0.15) is 25.6 Å². The average molecular weight is 181 g/mol. The summed E-state index contributed by atoms with van der Waals surface area (Å²) in [6.45, 7) is 3.98. The van der Waals surface area contributed by atoms with Gasteiger partial charge in [-0.1, -0.05) is 0 Å². The molecule has 0 fully saturated rings. The summed E-state index contributed by atoms with van der Waals surface area (Å²) in [6.07, 6.45) is 5.60. The van der Waals surface area contributed by atoms with Crippen LogP contribution in [0.25, 0.3) is 6.08 Å². The average Bonchev–Trinajstić information content (AvgIpc) is 2.47. The van der Waals surface area contributed by atoms with Crippen LogP contribution >= 0.6 is 0 Å². The summed E-state index contributed by atoms with van der Waals surface area (Å²) in [5.41, 5.74) is 0.742. The lowest BCUT2D eigenvalue weighted by Gasteiger charge is -2.07. The normalized spacial score (nSPS) is 11.3. The minimum atomic E-state index is -0.488. The van der Waals surface area contributed by atoms with Crippen molar-refractivity contribution in [1.29, 1.82) is 0 Å². The van der Waals surface area contributed by atoms with Gasteiger partial charge in [-0.25, -0.2) is 4.98 Å². The van der Waals surface area contributed by atoms with Crippen molar-refractivity contribution < 1.29 is 4.92 Å². The Morgan fingerprint density at radius 2 is 2.38 bits per heavy atom. The molecule has 0 saturated carbocycles. The van der Waals surface area contributed by atoms with E-state index in [0.29, 0.717) is 0 Å². The maximum atomic E-state index is 10.1. The molecule has 0 aromatic carbocycles. The van der Waals surface area contributed by atoms with Crippen LogP contribution in [0.4, 0.5) is 0 Å². The first-order chi connectivity index (χ1) is 6.11. The van der Waals surface area contributed by atoms with Gasteiger partial charge in [0.05, 0.1) is 23.1 Å². The van der Waals surface area contributed by atoms with E-state index in [-0.39, 0.29) is 6.04 Å². The lowest BCUT2D eigenvalue weighted by Crippen LogP contribution is -2.00. The first kappa shape index (κ1) is 9.44. The predicted molar refractivity (Wildman–Crippen MR) is 48.6 cm³/mol. The van der Waals surface area contributed by atoms with Crippen molar-refractivity contribution in [2.24, 2.45) is 0 Å². The van der Waals surface area contributed by atoms with Gasteiger partial charge in [-0.15, -0.1) is 0 Å². The van der Waals surface area contributed by atoms with E-state index >= 15 is 0 Å². The van der Waals surface area contributed by atoms with Gasteiger partial charge < -0.3 is 4.57 Å². The van der Waals surface area contributed by atoms with Gasteiger partial charge in [0, 0.05) is 12.1 Å². The molecule has 1 aromatic heterocycles. The highest BCUT2D eigenvalue weighted by molar-refractivity contribution is 5.42. The monoisotopic (exact) mass is 181 g/mol. The fraction of sp³-hybridized carbons (Fsp3) is 0.375. The van der Waals surface area contributed by atoms with Crippen molar-refractivity contribution in [3.63, 3.8) is 0 Å². The molecule has 0 aliphatic heterocycles. The Morgan fingerprint density at radius 3 is 2.92 bits per heavy atom. The molecule has 70 valence electrons. The van der Waals surface area contributed by atoms with Gasteiger partial charge in [-0.2, -0.15) is 0 Å². The summed E-state index contributed by atoms with van der Waals surface area (Å²) in [5.74, 6) is 0. The fourth-order valence-corrected chi connectivity index (χ4v) is 1.01. The SMILES string of the molecule is CC(C)n1cncc1C=C[N+](=O)[O-]. The largest absolute Gasteiger partial charge is 0.328 e. The molecular weight excluding hydrogens is 170 g/mol. The van der Waals surface area contributed by atoms with E-state index in [1.54, 1.807) is 12.5 Å². The number of hydrogen-bond acceptors (Lipinski definition) is 3. The Labute approximate surface area is 75.9 Å². The summed E-state index contributed by atoms with van der Waals surface area (Å²) in [6, 6.07) is 0.258. The number of imidazole rings is 1. The molecular formula is C8H11N3O2. The Balaban J connectivity index is 2.88. The molecule has 0 aliphatic rings. The highest BCUT2D eigenvalue weighted by Crippen LogP contribution is 2.09. The van der Waals surface area contributed by atoms with Gasteiger partial charge in [0.25, 0.3) is 0 Å². The van der Waals surface area contributed by atoms with E-state index in [0.717, 1.165) is 11.9 Å². The van der Waals surface area contributed by atoms with Crippen LogP contribution in [-0.2, 0) is 0 Å². The lowest BCUT2D eigenvalue weighted by molar-refractivity contribution is -0.401. The van der Waals surface area contributed by atoms with E-state index in [9.17, 15) is 10.1 Å². The molecule has 0 bridgehead atoms. The standard InChI is InChI=1S/C8H11N3O2/c1-7(2)10-6-9-5-8(10)3-4-11(12)13/h3-7H,1-2H3. The first-order valence-electron chi connectivity index (χ1n) is 3.95. The van der Waals surface area contributed by atoms with Crippen LogP contribution in [0.3, 0.4) is 0 Å².